The zero-order valence-electron chi connectivity index (χ0n) is 12.7. The Balaban J connectivity index is 1.89. The van der Waals surface area contributed by atoms with Crippen LogP contribution in [0.3, 0.4) is 0 Å². The average Bonchev–Trinajstić information content (AvgIpc) is 2.62. The van der Waals surface area contributed by atoms with Crippen molar-refractivity contribution in [2.45, 2.75) is 0 Å². The fourth-order valence-electron chi connectivity index (χ4n) is 1.89. The van der Waals surface area contributed by atoms with E-state index < -0.39 is 0 Å². The van der Waals surface area contributed by atoms with Gasteiger partial charge in [0.2, 0.25) is 0 Å². The van der Waals surface area contributed by atoms with E-state index in [2.05, 4.69) is 25.4 Å². The molecule has 3 aromatic rings. The molecule has 0 amide bonds. The molecule has 24 heavy (non-hydrogen) atoms. The van der Waals surface area contributed by atoms with Gasteiger partial charge in [-0.3, -0.25) is 0 Å². The second-order valence-electron chi connectivity index (χ2n) is 4.87. The molecule has 0 saturated carbocycles. The van der Waals surface area contributed by atoms with E-state index in [4.69, 9.17) is 11.5 Å². The molecule has 0 fully saturated rings. The minimum atomic E-state index is 0.186. The molecule has 0 aliphatic carbocycles. The van der Waals surface area contributed by atoms with Crippen LogP contribution in [0.1, 0.15) is 0 Å². The summed E-state index contributed by atoms with van der Waals surface area (Å²) >= 11 is 0. The Labute approximate surface area is 138 Å². The molecule has 1 heterocycles. The van der Waals surface area contributed by atoms with Gasteiger partial charge in [-0.1, -0.05) is 36.4 Å². The molecule has 118 valence electrons. The van der Waals surface area contributed by atoms with Crippen LogP contribution in [0.15, 0.2) is 87.2 Å². The van der Waals surface area contributed by atoms with Crippen LogP contribution in [-0.2, 0) is 0 Å². The average molecular weight is 317 g/mol. The van der Waals surface area contributed by atoms with Gasteiger partial charge >= 0.3 is 0 Å². The molecule has 0 saturated heterocycles. The number of hydrogen-bond acceptors (Lipinski definition) is 7. The standard InChI is InChI=1S/C17H15N7/c18-16-14(23-21-12-7-3-1-4-8-12)11-15(17(19)20-16)24-22-13-9-5-2-6-10-13/h1-11H,(H4,18,19,20). The summed E-state index contributed by atoms with van der Waals surface area (Å²) < 4.78 is 0. The lowest BCUT2D eigenvalue weighted by atomic mass is 10.3. The van der Waals surface area contributed by atoms with Crippen molar-refractivity contribution in [2.24, 2.45) is 20.5 Å². The fraction of sp³-hybridized carbons (Fsp3) is 0. The Morgan fingerprint density at radius 3 is 1.42 bits per heavy atom. The molecular weight excluding hydrogens is 302 g/mol. The van der Waals surface area contributed by atoms with E-state index in [1.54, 1.807) is 6.07 Å². The molecule has 7 nitrogen and oxygen atoms in total. The first kappa shape index (κ1) is 15.3. The molecule has 4 N–H and O–H groups in total. The number of nitrogens with two attached hydrogens (primary N) is 2. The molecule has 1 aromatic heterocycles. The van der Waals surface area contributed by atoms with E-state index in [1.807, 2.05) is 60.7 Å². The fourth-order valence-corrected chi connectivity index (χ4v) is 1.89. The van der Waals surface area contributed by atoms with Crippen LogP contribution in [0.2, 0.25) is 0 Å². The largest absolute Gasteiger partial charge is 0.382 e. The lowest BCUT2D eigenvalue weighted by molar-refractivity contribution is 1.17. The van der Waals surface area contributed by atoms with Gasteiger partial charge in [-0.05, 0) is 24.3 Å². The second kappa shape index (κ2) is 7.10. The van der Waals surface area contributed by atoms with E-state index >= 15 is 0 Å². The predicted molar refractivity (Wildman–Crippen MR) is 94.3 cm³/mol. The molecular formula is C17H15N7. The van der Waals surface area contributed by atoms with Crippen molar-refractivity contribution >= 4 is 34.4 Å². The molecule has 0 aliphatic heterocycles. The van der Waals surface area contributed by atoms with Crippen LogP contribution in [-0.4, -0.2) is 4.98 Å². The van der Waals surface area contributed by atoms with Gasteiger partial charge in [0.25, 0.3) is 0 Å². The molecule has 0 spiro atoms. The number of hydrogen-bond donors (Lipinski definition) is 2. The first-order chi connectivity index (χ1) is 11.7. The summed E-state index contributed by atoms with van der Waals surface area (Å²) in [5.41, 5.74) is 13.9. The van der Waals surface area contributed by atoms with Crippen molar-refractivity contribution in [1.82, 2.24) is 4.98 Å². The number of nitrogens with zero attached hydrogens (tertiary/aromatic N) is 5. The van der Waals surface area contributed by atoms with E-state index in [1.165, 1.54) is 0 Å². The summed E-state index contributed by atoms with van der Waals surface area (Å²) in [6.07, 6.45) is 0. The summed E-state index contributed by atoms with van der Waals surface area (Å²) in [6.45, 7) is 0. The Bertz CT molecular complexity index is 803. The van der Waals surface area contributed by atoms with Crippen molar-refractivity contribution in [3.8, 4) is 0 Å². The molecule has 0 radical (unpaired) electrons. The van der Waals surface area contributed by atoms with Crippen LogP contribution in [0.25, 0.3) is 0 Å². The SMILES string of the molecule is Nc1nc(N)c(N=Nc2ccccc2)cc1N=Nc1ccccc1. The van der Waals surface area contributed by atoms with Gasteiger partial charge in [0.05, 0.1) is 11.4 Å². The normalized spacial score (nSPS) is 11.3. The van der Waals surface area contributed by atoms with Crippen molar-refractivity contribution in [2.75, 3.05) is 11.5 Å². The molecule has 0 aliphatic rings. The highest BCUT2D eigenvalue weighted by molar-refractivity contribution is 5.71. The smallest absolute Gasteiger partial charge is 0.153 e. The molecule has 0 unspecified atom stereocenters. The number of rotatable bonds is 4. The Kier molecular flexibility index (Phi) is 4.52. The molecule has 2 aromatic carbocycles. The monoisotopic (exact) mass is 317 g/mol. The second-order valence-corrected chi connectivity index (χ2v) is 4.87. The van der Waals surface area contributed by atoms with Crippen LogP contribution in [0.5, 0.6) is 0 Å². The van der Waals surface area contributed by atoms with Crippen molar-refractivity contribution < 1.29 is 0 Å². The van der Waals surface area contributed by atoms with Crippen LogP contribution >= 0.6 is 0 Å². The van der Waals surface area contributed by atoms with Gasteiger partial charge in [0.15, 0.2) is 11.6 Å². The van der Waals surface area contributed by atoms with Gasteiger partial charge in [-0.15, -0.1) is 10.2 Å². The van der Waals surface area contributed by atoms with Crippen LogP contribution in [0, 0.1) is 0 Å². The van der Waals surface area contributed by atoms with Gasteiger partial charge in [-0.2, -0.15) is 10.2 Å². The molecule has 7 heteroatoms. The van der Waals surface area contributed by atoms with Gasteiger partial charge in [0, 0.05) is 6.07 Å². The first-order valence-corrected chi connectivity index (χ1v) is 7.22. The van der Waals surface area contributed by atoms with Gasteiger partial charge in [0.1, 0.15) is 11.4 Å². The number of benzene rings is 2. The Hall–Kier alpha value is -3.61. The summed E-state index contributed by atoms with van der Waals surface area (Å²) in [4.78, 5) is 4.05. The number of nitrogen functional groups attached to an aromatic ring is 2. The maximum atomic E-state index is 5.84. The summed E-state index contributed by atoms with van der Waals surface area (Å²) in [5, 5.41) is 16.5. The number of aromatic nitrogens is 1. The Morgan fingerprint density at radius 1 is 0.583 bits per heavy atom. The van der Waals surface area contributed by atoms with E-state index in [0.717, 1.165) is 0 Å². The third-order valence-corrected chi connectivity index (χ3v) is 3.10. The highest BCUT2D eigenvalue weighted by Crippen LogP contribution is 2.32. The lowest BCUT2D eigenvalue weighted by Crippen LogP contribution is -1.96. The molecule has 0 bridgehead atoms. The summed E-state index contributed by atoms with van der Waals surface area (Å²) in [6, 6.07) is 20.2. The van der Waals surface area contributed by atoms with E-state index in [0.29, 0.717) is 22.7 Å². The van der Waals surface area contributed by atoms with Crippen molar-refractivity contribution in [3.05, 3.63) is 66.7 Å². The van der Waals surface area contributed by atoms with Crippen LogP contribution in [0.4, 0.5) is 34.4 Å². The van der Waals surface area contributed by atoms with E-state index in [9.17, 15) is 0 Å². The number of azo groups is 2. The van der Waals surface area contributed by atoms with E-state index in [-0.39, 0.29) is 11.6 Å². The highest BCUT2D eigenvalue weighted by atomic mass is 15.2. The zero-order valence-corrected chi connectivity index (χ0v) is 12.7. The van der Waals surface area contributed by atoms with Gasteiger partial charge < -0.3 is 11.5 Å². The first-order valence-electron chi connectivity index (χ1n) is 7.22. The minimum Gasteiger partial charge on any atom is -0.382 e. The third-order valence-electron chi connectivity index (χ3n) is 3.10. The topological polar surface area (TPSA) is 114 Å². The predicted octanol–water partition coefficient (Wildman–Crippen LogP) is 5.08. The van der Waals surface area contributed by atoms with Gasteiger partial charge in [-0.25, -0.2) is 4.98 Å². The molecule has 0 atom stereocenters. The van der Waals surface area contributed by atoms with Crippen molar-refractivity contribution in [3.63, 3.8) is 0 Å². The van der Waals surface area contributed by atoms with Crippen molar-refractivity contribution in [1.29, 1.82) is 0 Å². The number of anilines is 2. The number of pyridine rings is 1. The summed E-state index contributed by atoms with van der Waals surface area (Å²) in [5.74, 6) is 0.372. The zero-order chi connectivity index (χ0) is 16.8. The Morgan fingerprint density at radius 2 is 1.00 bits per heavy atom. The minimum absolute atomic E-state index is 0.186. The molecule has 3 rings (SSSR count). The maximum absolute atomic E-state index is 5.84. The quantitative estimate of drug-likeness (QED) is 0.654. The highest BCUT2D eigenvalue weighted by Gasteiger charge is 2.07. The maximum Gasteiger partial charge on any atom is 0.153 e. The third kappa shape index (κ3) is 3.77. The van der Waals surface area contributed by atoms with Crippen LogP contribution < -0.4 is 11.5 Å². The lowest BCUT2D eigenvalue weighted by Gasteiger charge is -2.03. The summed E-state index contributed by atoms with van der Waals surface area (Å²) in [7, 11) is 0.